The van der Waals surface area contributed by atoms with Gasteiger partial charge in [0.2, 0.25) is 0 Å². The molecular weight excluding hydrogens is 198 g/mol. The SMILES string of the molecule is N#CC(c1ccccc1)C1CCCC(=O)C1. The maximum Gasteiger partial charge on any atom is 0.133 e. The number of rotatable bonds is 2. The number of carbonyl (C=O) groups is 1. The van der Waals surface area contributed by atoms with Crippen LogP contribution in [-0.2, 0) is 4.79 Å². The van der Waals surface area contributed by atoms with Crippen LogP contribution in [0.25, 0.3) is 0 Å². The van der Waals surface area contributed by atoms with Crippen LogP contribution in [0.5, 0.6) is 0 Å². The third-order valence-corrected chi connectivity index (χ3v) is 3.29. The second-order valence-electron chi connectivity index (χ2n) is 4.41. The summed E-state index contributed by atoms with van der Waals surface area (Å²) in [6.07, 6.45) is 3.21. The Hall–Kier alpha value is -1.62. The van der Waals surface area contributed by atoms with Crippen molar-refractivity contribution >= 4 is 5.78 Å². The summed E-state index contributed by atoms with van der Waals surface area (Å²) in [4.78, 5) is 11.4. The molecule has 0 spiro atoms. The van der Waals surface area contributed by atoms with E-state index in [1.165, 1.54) is 0 Å². The first-order chi connectivity index (χ1) is 7.81. The predicted molar refractivity (Wildman–Crippen MR) is 61.8 cm³/mol. The molecule has 16 heavy (non-hydrogen) atoms. The van der Waals surface area contributed by atoms with Crippen molar-refractivity contribution in [3.8, 4) is 6.07 Å². The molecule has 1 aliphatic rings. The summed E-state index contributed by atoms with van der Waals surface area (Å²) < 4.78 is 0. The molecule has 1 aromatic rings. The number of Topliss-reactive ketones (excluding diaryl/α,β-unsaturated/α-hetero) is 1. The lowest BCUT2D eigenvalue weighted by molar-refractivity contribution is -0.121. The largest absolute Gasteiger partial charge is 0.300 e. The topological polar surface area (TPSA) is 40.9 Å². The van der Waals surface area contributed by atoms with Gasteiger partial charge in [-0.05, 0) is 24.3 Å². The molecule has 1 fully saturated rings. The highest BCUT2D eigenvalue weighted by Crippen LogP contribution is 2.34. The molecule has 0 radical (unpaired) electrons. The molecule has 2 unspecified atom stereocenters. The molecule has 0 saturated heterocycles. The smallest absolute Gasteiger partial charge is 0.133 e. The highest BCUT2D eigenvalue weighted by Gasteiger charge is 2.28. The lowest BCUT2D eigenvalue weighted by Gasteiger charge is -2.25. The zero-order chi connectivity index (χ0) is 11.4. The molecule has 2 heteroatoms. The fourth-order valence-corrected chi connectivity index (χ4v) is 2.45. The number of nitriles is 1. The molecule has 0 heterocycles. The standard InChI is InChI=1S/C14H15NO/c15-10-14(11-5-2-1-3-6-11)12-7-4-8-13(16)9-12/h1-3,5-6,12,14H,4,7-9H2. The monoisotopic (exact) mass is 213 g/mol. The van der Waals surface area contributed by atoms with Crippen LogP contribution < -0.4 is 0 Å². The van der Waals surface area contributed by atoms with Gasteiger partial charge in [-0.15, -0.1) is 0 Å². The van der Waals surface area contributed by atoms with Crippen LogP contribution in [0.1, 0.15) is 37.2 Å². The summed E-state index contributed by atoms with van der Waals surface area (Å²) in [5.41, 5.74) is 1.05. The fraction of sp³-hybridized carbons (Fsp3) is 0.429. The second kappa shape index (κ2) is 4.94. The van der Waals surface area contributed by atoms with Crippen molar-refractivity contribution in [2.75, 3.05) is 0 Å². The third kappa shape index (κ3) is 2.30. The van der Waals surface area contributed by atoms with Crippen molar-refractivity contribution in [3.63, 3.8) is 0 Å². The molecule has 0 bridgehead atoms. The van der Waals surface area contributed by atoms with Gasteiger partial charge in [0.15, 0.2) is 0 Å². The van der Waals surface area contributed by atoms with Crippen molar-refractivity contribution < 1.29 is 4.79 Å². The number of hydrogen-bond donors (Lipinski definition) is 0. The first-order valence-corrected chi connectivity index (χ1v) is 5.77. The maximum atomic E-state index is 11.4. The average molecular weight is 213 g/mol. The second-order valence-corrected chi connectivity index (χ2v) is 4.41. The van der Waals surface area contributed by atoms with Crippen molar-refractivity contribution in [3.05, 3.63) is 35.9 Å². The Labute approximate surface area is 95.9 Å². The Kier molecular flexibility index (Phi) is 3.36. The summed E-state index contributed by atoms with van der Waals surface area (Å²) in [5, 5.41) is 9.26. The molecule has 0 amide bonds. The molecular formula is C14H15NO. The van der Waals surface area contributed by atoms with Crippen LogP contribution >= 0.6 is 0 Å². The first-order valence-electron chi connectivity index (χ1n) is 5.77. The molecule has 0 N–H and O–H groups in total. The Bertz CT molecular complexity index is 404. The highest BCUT2D eigenvalue weighted by molar-refractivity contribution is 5.79. The first kappa shape index (κ1) is 10.9. The van der Waals surface area contributed by atoms with E-state index >= 15 is 0 Å². The summed E-state index contributed by atoms with van der Waals surface area (Å²) in [6, 6.07) is 12.2. The Morgan fingerprint density at radius 1 is 1.31 bits per heavy atom. The van der Waals surface area contributed by atoms with Gasteiger partial charge in [-0.25, -0.2) is 0 Å². The average Bonchev–Trinajstić information content (AvgIpc) is 2.31. The number of hydrogen-bond acceptors (Lipinski definition) is 2. The zero-order valence-corrected chi connectivity index (χ0v) is 9.23. The lowest BCUT2D eigenvalue weighted by atomic mass is 9.77. The van der Waals surface area contributed by atoms with Gasteiger partial charge in [-0.1, -0.05) is 30.3 Å². The maximum absolute atomic E-state index is 11.4. The Morgan fingerprint density at radius 3 is 2.69 bits per heavy atom. The summed E-state index contributed by atoms with van der Waals surface area (Å²) in [6.45, 7) is 0. The molecule has 2 nitrogen and oxygen atoms in total. The van der Waals surface area contributed by atoms with E-state index in [-0.39, 0.29) is 11.8 Å². The molecule has 2 atom stereocenters. The van der Waals surface area contributed by atoms with E-state index in [2.05, 4.69) is 6.07 Å². The quantitative estimate of drug-likeness (QED) is 0.757. The number of benzene rings is 1. The van der Waals surface area contributed by atoms with E-state index in [9.17, 15) is 10.1 Å². The Morgan fingerprint density at radius 2 is 2.06 bits per heavy atom. The number of ketones is 1. The summed E-state index contributed by atoms with van der Waals surface area (Å²) >= 11 is 0. The summed E-state index contributed by atoms with van der Waals surface area (Å²) in [7, 11) is 0. The van der Waals surface area contributed by atoms with Crippen molar-refractivity contribution in [2.24, 2.45) is 5.92 Å². The van der Waals surface area contributed by atoms with Crippen molar-refractivity contribution in [2.45, 2.75) is 31.6 Å². The molecule has 1 saturated carbocycles. The minimum atomic E-state index is -0.120. The van der Waals surface area contributed by atoms with Gasteiger partial charge < -0.3 is 0 Å². The number of nitrogens with zero attached hydrogens (tertiary/aromatic N) is 1. The van der Waals surface area contributed by atoms with Crippen molar-refractivity contribution in [1.82, 2.24) is 0 Å². The van der Waals surface area contributed by atoms with E-state index in [0.29, 0.717) is 18.6 Å². The molecule has 2 rings (SSSR count). The van der Waals surface area contributed by atoms with E-state index in [1.807, 2.05) is 30.3 Å². The van der Waals surface area contributed by atoms with Crippen LogP contribution in [0.4, 0.5) is 0 Å². The normalized spacial score (nSPS) is 22.4. The van der Waals surface area contributed by atoms with Gasteiger partial charge in [0, 0.05) is 12.8 Å². The number of carbonyl (C=O) groups excluding carboxylic acids is 1. The van der Waals surface area contributed by atoms with Gasteiger partial charge in [-0.2, -0.15) is 5.26 Å². The molecule has 82 valence electrons. The van der Waals surface area contributed by atoms with Gasteiger partial charge in [-0.3, -0.25) is 4.79 Å². The van der Waals surface area contributed by atoms with E-state index in [0.717, 1.165) is 18.4 Å². The molecule has 1 aromatic carbocycles. The zero-order valence-electron chi connectivity index (χ0n) is 9.23. The van der Waals surface area contributed by atoms with E-state index in [4.69, 9.17) is 0 Å². The van der Waals surface area contributed by atoms with Gasteiger partial charge in [0.05, 0.1) is 12.0 Å². The minimum Gasteiger partial charge on any atom is -0.300 e. The third-order valence-electron chi connectivity index (χ3n) is 3.29. The predicted octanol–water partition coefficient (Wildman–Crippen LogP) is 3.05. The van der Waals surface area contributed by atoms with Crippen LogP contribution in [0, 0.1) is 17.2 Å². The van der Waals surface area contributed by atoms with Gasteiger partial charge >= 0.3 is 0 Å². The van der Waals surface area contributed by atoms with E-state index < -0.39 is 0 Å². The van der Waals surface area contributed by atoms with E-state index in [1.54, 1.807) is 0 Å². The van der Waals surface area contributed by atoms with Crippen LogP contribution in [0.3, 0.4) is 0 Å². The molecule has 0 aromatic heterocycles. The van der Waals surface area contributed by atoms with Crippen LogP contribution in [-0.4, -0.2) is 5.78 Å². The van der Waals surface area contributed by atoms with Gasteiger partial charge in [0.25, 0.3) is 0 Å². The molecule has 1 aliphatic carbocycles. The Balaban J connectivity index is 2.17. The molecule has 0 aliphatic heterocycles. The lowest BCUT2D eigenvalue weighted by Crippen LogP contribution is -2.20. The van der Waals surface area contributed by atoms with Crippen molar-refractivity contribution in [1.29, 1.82) is 5.26 Å². The highest BCUT2D eigenvalue weighted by atomic mass is 16.1. The fourth-order valence-electron chi connectivity index (χ4n) is 2.45. The van der Waals surface area contributed by atoms with Gasteiger partial charge in [0.1, 0.15) is 5.78 Å². The van der Waals surface area contributed by atoms with Crippen LogP contribution in [0.2, 0.25) is 0 Å². The summed E-state index contributed by atoms with van der Waals surface area (Å²) in [5.74, 6) is 0.409. The van der Waals surface area contributed by atoms with Crippen LogP contribution in [0.15, 0.2) is 30.3 Å². The minimum absolute atomic E-state index is 0.120.